The van der Waals surface area contributed by atoms with E-state index >= 15 is 0 Å². The van der Waals surface area contributed by atoms with E-state index in [1.807, 2.05) is 7.05 Å². The lowest BCUT2D eigenvalue weighted by molar-refractivity contribution is 0.167. The molecular formula is C10H17FN4. The van der Waals surface area contributed by atoms with Crippen molar-refractivity contribution in [2.24, 2.45) is 12.8 Å². The molecule has 0 aliphatic carbocycles. The van der Waals surface area contributed by atoms with Crippen LogP contribution in [0, 0.1) is 5.95 Å². The van der Waals surface area contributed by atoms with Crippen LogP contribution in [-0.2, 0) is 7.05 Å². The van der Waals surface area contributed by atoms with Crippen LogP contribution >= 0.6 is 0 Å². The number of nitrogens with zero attached hydrogens (tertiary/aromatic N) is 3. The van der Waals surface area contributed by atoms with Gasteiger partial charge in [-0.2, -0.15) is 9.49 Å². The number of nitrogens with two attached hydrogens (primary N) is 1. The summed E-state index contributed by atoms with van der Waals surface area (Å²) in [4.78, 5) is 2.14. The van der Waals surface area contributed by atoms with E-state index in [1.54, 1.807) is 13.2 Å². The van der Waals surface area contributed by atoms with Crippen molar-refractivity contribution in [3.05, 3.63) is 17.7 Å². The molecule has 2 atom stereocenters. The number of aromatic nitrogens is 2. The zero-order valence-corrected chi connectivity index (χ0v) is 9.15. The highest BCUT2D eigenvalue weighted by atomic mass is 19.1. The van der Waals surface area contributed by atoms with Crippen molar-refractivity contribution in [2.45, 2.75) is 24.9 Å². The lowest BCUT2D eigenvalue weighted by atomic mass is 9.94. The number of hydrogen-bond donors (Lipinski definition) is 1. The molecule has 1 aliphatic rings. The molecule has 0 amide bonds. The highest BCUT2D eigenvalue weighted by Crippen LogP contribution is 2.30. The molecule has 4 nitrogen and oxygen atoms in total. The smallest absolute Gasteiger partial charge is 0.215 e. The normalized spacial score (nSPS) is 28.3. The van der Waals surface area contributed by atoms with E-state index in [4.69, 9.17) is 5.73 Å². The van der Waals surface area contributed by atoms with Crippen molar-refractivity contribution >= 4 is 0 Å². The van der Waals surface area contributed by atoms with Crippen molar-refractivity contribution < 1.29 is 4.39 Å². The molecule has 0 aromatic carbocycles. The second kappa shape index (κ2) is 3.90. The van der Waals surface area contributed by atoms with Gasteiger partial charge in [-0.05, 0) is 26.4 Å². The van der Waals surface area contributed by atoms with Gasteiger partial charge in [-0.3, -0.25) is 4.90 Å². The van der Waals surface area contributed by atoms with E-state index in [0.29, 0.717) is 5.56 Å². The Morgan fingerprint density at radius 1 is 1.53 bits per heavy atom. The SMILES string of the molecule is CN1CCC(N)CC1c1cnn(C)c1F. The zero-order chi connectivity index (χ0) is 11.0. The maximum Gasteiger partial charge on any atom is 0.215 e. The zero-order valence-electron chi connectivity index (χ0n) is 9.15. The summed E-state index contributed by atoms with van der Waals surface area (Å²) in [6.45, 7) is 0.917. The molecule has 15 heavy (non-hydrogen) atoms. The van der Waals surface area contributed by atoms with Crippen molar-refractivity contribution in [3.63, 3.8) is 0 Å². The number of aryl methyl sites for hydroxylation is 1. The number of rotatable bonds is 1. The van der Waals surface area contributed by atoms with Crippen molar-refractivity contribution in [1.82, 2.24) is 14.7 Å². The van der Waals surface area contributed by atoms with Crippen LogP contribution in [0.2, 0.25) is 0 Å². The van der Waals surface area contributed by atoms with Gasteiger partial charge in [-0.1, -0.05) is 0 Å². The molecule has 84 valence electrons. The maximum absolute atomic E-state index is 13.7. The third kappa shape index (κ3) is 1.89. The molecule has 0 saturated carbocycles. The van der Waals surface area contributed by atoms with Gasteiger partial charge in [0.25, 0.3) is 0 Å². The lowest BCUT2D eigenvalue weighted by Gasteiger charge is -2.35. The first-order valence-electron chi connectivity index (χ1n) is 5.23. The Morgan fingerprint density at radius 3 is 2.87 bits per heavy atom. The molecule has 1 fully saturated rings. The summed E-state index contributed by atoms with van der Waals surface area (Å²) in [5.74, 6) is -0.249. The summed E-state index contributed by atoms with van der Waals surface area (Å²) in [7, 11) is 3.62. The average molecular weight is 212 g/mol. The molecule has 1 aliphatic heterocycles. The van der Waals surface area contributed by atoms with E-state index in [-0.39, 0.29) is 18.0 Å². The molecule has 2 heterocycles. The van der Waals surface area contributed by atoms with Crippen molar-refractivity contribution in [3.8, 4) is 0 Å². The van der Waals surface area contributed by atoms with Crippen molar-refractivity contribution in [1.29, 1.82) is 0 Å². The van der Waals surface area contributed by atoms with Gasteiger partial charge in [0.1, 0.15) is 0 Å². The highest BCUT2D eigenvalue weighted by Gasteiger charge is 2.28. The molecule has 1 aromatic rings. The summed E-state index contributed by atoms with van der Waals surface area (Å²) >= 11 is 0. The number of piperidine rings is 1. The Hall–Kier alpha value is -0.940. The highest BCUT2D eigenvalue weighted by molar-refractivity contribution is 5.14. The number of likely N-dealkylation sites (tertiary alicyclic amines) is 1. The Morgan fingerprint density at radius 2 is 2.27 bits per heavy atom. The lowest BCUT2D eigenvalue weighted by Crippen LogP contribution is -2.40. The van der Waals surface area contributed by atoms with E-state index in [0.717, 1.165) is 19.4 Å². The minimum absolute atomic E-state index is 0.0717. The second-order valence-corrected chi connectivity index (χ2v) is 4.30. The van der Waals surface area contributed by atoms with Gasteiger partial charge < -0.3 is 5.73 Å². The minimum Gasteiger partial charge on any atom is -0.328 e. The number of hydrogen-bond acceptors (Lipinski definition) is 3. The molecular weight excluding hydrogens is 195 g/mol. The Bertz CT molecular complexity index is 349. The summed E-state index contributed by atoms with van der Waals surface area (Å²) in [6.07, 6.45) is 3.39. The van der Waals surface area contributed by atoms with Crippen LogP contribution in [0.1, 0.15) is 24.4 Å². The largest absolute Gasteiger partial charge is 0.328 e. The van der Waals surface area contributed by atoms with Gasteiger partial charge in [-0.15, -0.1) is 0 Å². The third-order valence-electron chi connectivity index (χ3n) is 3.16. The molecule has 0 bridgehead atoms. The summed E-state index contributed by atoms with van der Waals surface area (Å²) in [6, 6.07) is 0.244. The molecule has 0 spiro atoms. The predicted octanol–water partition coefficient (Wildman–Crippen LogP) is 0.653. The fraction of sp³-hybridized carbons (Fsp3) is 0.700. The van der Waals surface area contributed by atoms with Crippen LogP contribution in [0.15, 0.2) is 6.20 Å². The summed E-state index contributed by atoms with van der Waals surface area (Å²) < 4.78 is 14.9. The molecule has 2 N–H and O–H groups in total. The van der Waals surface area contributed by atoms with E-state index in [9.17, 15) is 4.39 Å². The Balaban J connectivity index is 2.25. The van der Waals surface area contributed by atoms with E-state index < -0.39 is 0 Å². The first kappa shape index (κ1) is 10.6. The summed E-state index contributed by atoms with van der Waals surface area (Å²) in [5, 5.41) is 3.93. The first-order chi connectivity index (χ1) is 7.09. The third-order valence-corrected chi connectivity index (χ3v) is 3.16. The van der Waals surface area contributed by atoms with Gasteiger partial charge in [-0.25, -0.2) is 4.68 Å². The van der Waals surface area contributed by atoms with E-state index in [2.05, 4.69) is 10.00 Å². The van der Waals surface area contributed by atoms with Gasteiger partial charge in [0, 0.05) is 24.7 Å². The van der Waals surface area contributed by atoms with Crippen molar-refractivity contribution in [2.75, 3.05) is 13.6 Å². The van der Waals surface area contributed by atoms with Crippen LogP contribution < -0.4 is 5.73 Å². The van der Waals surface area contributed by atoms with Crippen LogP contribution in [0.25, 0.3) is 0 Å². The molecule has 2 rings (SSSR count). The van der Waals surface area contributed by atoms with Gasteiger partial charge >= 0.3 is 0 Å². The Kier molecular flexibility index (Phi) is 2.75. The second-order valence-electron chi connectivity index (χ2n) is 4.30. The van der Waals surface area contributed by atoms with Crippen LogP contribution in [-0.4, -0.2) is 34.3 Å². The molecule has 0 radical (unpaired) electrons. The molecule has 1 aromatic heterocycles. The molecule has 1 saturated heterocycles. The van der Waals surface area contributed by atoms with Gasteiger partial charge in [0.05, 0.1) is 6.20 Å². The van der Waals surface area contributed by atoms with Crippen LogP contribution in [0.4, 0.5) is 4.39 Å². The average Bonchev–Trinajstić information content (AvgIpc) is 2.52. The maximum atomic E-state index is 13.7. The number of halogens is 1. The van der Waals surface area contributed by atoms with Gasteiger partial charge in [0.15, 0.2) is 0 Å². The molecule has 2 unspecified atom stereocenters. The summed E-state index contributed by atoms with van der Waals surface area (Å²) in [5.41, 5.74) is 6.57. The van der Waals surface area contributed by atoms with Crippen LogP contribution in [0.5, 0.6) is 0 Å². The topological polar surface area (TPSA) is 47.1 Å². The first-order valence-corrected chi connectivity index (χ1v) is 5.23. The standard InChI is InChI=1S/C10H17FN4/c1-14-4-3-7(12)5-9(14)8-6-13-15(2)10(8)11/h6-7,9H,3-5,12H2,1-2H3. The Labute approximate surface area is 88.9 Å². The van der Waals surface area contributed by atoms with Gasteiger partial charge in [0.2, 0.25) is 5.95 Å². The minimum atomic E-state index is -0.249. The molecule has 5 heteroatoms. The van der Waals surface area contributed by atoms with Crippen LogP contribution in [0.3, 0.4) is 0 Å². The fourth-order valence-electron chi connectivity index (χ4n) is 2.14. The van der Waals surface area contributed by atoms with E-state index in [1.165, 1.54) is 4.68 Å². The quantitative estimate of drug-likeness (QED) is 0.743. The predicted molar refractivity (Wildman–Crippen MR) is 55.7 cm³/mol. The monoisotopic (exact) mass is 212 g/mol. The fourth-order valence-corrected chi connectivity index (χ4v) is 2.14.